The van der Waals surface area contributed by atoms with Crippen LogP contribution in [0.1, 0.15) is 25.8 Å². The predicted octanol–water partition coefficient (Wildman–Crippen LogP) is 2.87. The molecule has 0 fully saturated rings. The Morgan fingerprint density at radius 1 is 1.20 bits per heavy atom. The number of carbonyl (C=O) groups excluding carboxylic acids is 1. The van der Waals surface area contributed by atoms with E-state index in [4.69, 9.17) is 14.2 Å². The molecule has 1 aromatic carbocycles. The Morgan fingerprint density at radius 3 is 2.20 bits per heavy atom. The number of nitrogens with one attached hydrogen (secondary N) is 1. The van der Waals surface area contributed by atoms with Crippen LogP contribution >= 0.6 is 11.8 Å². The third kappa shape index (κ3) is 6.38. The lowest BCUT2D eigenvalue weighted by molar-refractivity contribution is -0.139. The van der Waals surface area contributed by atoms with Crippen LogP contribution in [0.15, 0.2) is 18.2 Å². The summed E-state index contributed by atoms with van der Waals surface area (Å²) in [5.74, 6) is 0.657. The molecule has 25 heavy (non-hydrogen) atoms. The van der Waals surface area contributed by atoms with Crippen LogP contribution in [0.25, 0.3) is 0 Å². The first-order valence-corrected chi connectivity index (χ1v) is 9.07. The number of carboxylic acid groups (broad SMARTS) is 1. The summed E-state index contributed by atoms with van der Waals surface area (Å²) < 4.78 is 15.9. The highest BCUT2D eigenvalue weighted by Crippen LogP contribution is 2.32. The van der Waals surface area contributed by atoms with Crippen LogP contribution in [0, 0.1) is 0 Å². The monoisotopic (exact) mass is 371 g/mol. The second-order valence-corrected chi connectivity index (χ2v) is 6.80. The summed E-state index contributed by atoms with van der Waals surface area (Å²) in [5, 5.41) is 11.6. The van der Waals surface area contributed by atoms with E-state index in [1.54, 1.807) is 32.0 Å². The molecule has 1 rings (SSSR count). The van der Waals surface area contributed by atoms with E-state index in [1.807, 2.05) is 6.26 Å². The number of thioether (sulfide) groups is 1. The number of carboxylic acids is 1. The highest BCUT2D eigenvalue weighted by atomic mass is 32.2. The second-order valence-electron chi connectivity index (χ2n) is 5.82. The Labute approximate surface area is 152 Å². The Bertz CT molecular complexity index is 583. The minimum Gasteiger partial charge on any atom is -0.497 e. The maximum Gasteiger partial charge on any atom is 0.408 e. The van der Waals surface area contributed by atoms with Crippen molar-refractivity contribution in [1.29, 1.82) is 0 Å². The lowest BCUT2D eigenvalue weighted by Gasteiger charge is -2.27. The van der Waals surface area contributed by atoms with E-state index in [-0.39, 0.29) is 0 Å². The standard InChI is InChI=1S/C17H25NO6S/c1-17(2,11-8-12(22-3)10-13(9-11)23-4)24-16(21)18-14(15(19)20)6-7-25-5/h8-10,14H,6-7H2,1-5H3,(H,18,21)(H,19,20). The Hall–Kier alpha value is -2.09. The van der Waals surface area contributed by atoms with Crippen LogP contribution in [0.3, 0.4) is 0 Å². The summed E-state index contributed by atoms with van der Waals surface area (Å²) in [6.07, 6.45) is 1.40. The summed E-state index contributed by atoms with van der Waals surface area (Å²) in [5.41, 5.74) is -0.344. The molecule has 0 aromatic heterocycles. The van der Waals surface area contributed by atoms with Gasteiger partial charge in [-0.2, -0.15) is 11.8 Å². The average Bonchev–Trinajstić information content (AvgIpc) is 2.57. The molecule has 0 saturated heterocycles. The zero-order chi connectivity index (χ0) is 19.0. The molecule has 2 N–H and O–H groups in total. The molecular weight excluding hydrogens is 346 g/mol. The first-order valence-electron chi connectivity index (χ1n) is 7.68. The molecular formula is C17H25NO6S. The van der Waals surface area contributed by atoms with E-state index in [1.165, 1.54) is 26.0 Å². The number of methoxy groups -OCH3 is 2. The van der Waals surface area contributed by atoms with Crippen LogP contribution in [-0.4, -0.2) is 49.4 Å². The number of benzene rings is 1. The molecule has 0 heterocycles. The van der Waals surface area contributed by atoms with Crippen molar-refractivity contribution in [1.82, 2.24) is 5.32 Å². The molecule has 1 unspecified atom stereocenters. The highest BCUT2D eigenvalue weighted by molar-refractivity contribution is 7.98. The molecule has 7 nitrogen and oxygen atoms in total. The van der Waals surface area contributed by atoms with Gasteiger partial charge in [-0.05, 0) is 44.4 Å². The van der Waals surface area contributed by atoms with Crippen molar-refractivity contribution < 1.29 is 28.9 Å². The molecule has 0 aliphatic rings. The van der Waals surface area contributed by atoms with Gasteiger partial charge in [-0.25, -0.2) is 9.59 Å². The van der Waals surface area contributed by atoms with E-state index >= 15 is 0 Å². The Kier molecular flexibility index (Phi) is 7.89. The topological polar surface area (TPSA) is 94.1 Å². The van der Waals surface area contributed by atoms with Gasteiger partial charge in [0.2, 0.25) is 0 Å². The maximum absolute atomic E-state index is 12.2. The molecule has 1 atom stereocenters. The quantitative estimate of drug-likeness (QED) is 0.689. The van der Waals surface area contributed by atoms with Crippen molar-refractivity contribution >= 4 is 23.8 Å². The molecule has 0 aliphatic heterocycles. The second kappa shape index (κ2) is 9.41. The molecule has 8 heteroatoms. The van der Waals surface area contributed by atoms with Gasteiger partial charge in [-0.15, -0.1) is 0 Å². The van der Waals surface area contributed by atoms with Crippen molar-refractivity contribution in [3.63, 3.8) is 0 Å². The van der Waals surface area contributed by atoms with Crippen molar-refractivity contribution in [2.75, 3.05) is 26.2 Å². The van der Waals surface area contributed by atoms with Crippen molar-refractivity contribution in [3.05, 3.63) is 23.8 Å². The Balaban J connectivity index is 2.88. The minimum absolute atomic E-state index is 0.318. The maximum atomic E-state index is 12.2. The molecule has 0 radical (unpaired) electrons. The van der Waals surface area contributed by atoms with Gasteiger partial charge < -0.3 is 24.6 Å². The molecule has 0 spiro atoms. The van der Waals surface area contributed by atoms with Crippen LogP contribution in [0.5, 0.6) is 11.5 Å². The van der Waals surface area contributed by atoms with Gasteiger partial charge in [0.1, 0.15) is 23.1 Å². The zero-order valence-corrected chi connectivity index (χ0v) is 15.9. The molecule has 140 valence electrons. The molecule has 1 amide bonds. The average molecular weight is 371 g/mol. The van der Waals surface area contributed by atoms with Crippen LogP contribution in [-0.2, 0) is 15.1 Å². The minimum atomic E-state index is -1.09. The number of aliphatic carboxylic acids is 1. The number of alkyl carbamates (subject to hydrolysis) is 1. The van der Waals surface area contributed by atoms with E-state index in [0.717, 1.165) is 0 Å². The number of rotatable bonds is 9. The summed E-state index contributed by atoms with van der Waals surface area (Å²) in [7, 11) is 3.06. The van der Waals surface area contributed by atoms with Crippen LogP contribution < -0.4 is 14.8 Å². The van der Waals surface area contributed by atoms with Crippen molar-refractivity contribution in [3.8, 4) is 11.5 Å². The van der Waals surface area contributed by atoms with Gasteiger partial charge in [-0.3, -0.25) is 0 Å². The van der Waals surface area contributed by atoms with Crippen molar-refractivity contribution in [2.45, 2.75) is 31.9 Å². The van der Waals surface area contributed by atoms with E-state index in [9.17, 15) is 14.7 Å². The summed E-state index contributed by atoms with van der Waals surface area (Å²) in [4.78, 5) is 23.4. The third-order valence-corrected chi connectivity index (χ3v) is 4.24. The van der Waals surface area contributed by atoms with Gasteiger partial charge >= 0.3 is 12.1 Å². The molecule has 0 saturated carbocycles. The summed E-state index contributed by atoms with van der Waals surface area (Å²) in [6.45, 7) is 3.41. The van der Waals surface area contributed by atoms with Gasteiger partial charge in [0.25, 0.3) is 0 Å². The summed E-state index contributed by atoms with van der Waals surface area (Å²) in [6, 6.07) is 4.19. The molecule has 0 aliphatic carbocycles. The van der Waals surface area contributed by atoms with Gasteiger partial charge in [0.15, 0.2) is 0 Å². The molecule has 0 bridgehead atoms. The first-order chi connectivity index (χ1) is 11.7. The first kappa shape index (κ1) is 21.0. The largest absolute Gasteiger partial charge is 0.497 e. The highest BCUT2D eigenvalue weighted by Gasteiger charge is 2.29. The van der Waals surface area contributed by atoms with E-state index < -0.39 is 23.7 Å². The number of carbonyl (C=O) groups is 2. The Morgan fingerprint density at radius 2 is 1.76 bits per heavy atom. The van der Waals surface area contributed by atoms with Gasteiger partial charge in [0.05, 0.1) is 14.2 Å². The fourth-order valence-corrected chi connectivity index (χ4v) is 2.58. The number of ether oxygens (including phenoxy) is 3. The number of amides is 1. The smallest absolute Gasteiger partial charge is 0.408 e. The summed E-state index contributed by atoms with van der Waals surface area (Å²) >= 11 is 1.51. The SMILES string of the molecule is COc1cc(OC)cc(C(C)(C)OC(=O)NC(CCSC)C(=O)O)c1. The van der Waals surface area contributed by atoms with Crippen LogP contribution in [0.4, 0.5) is 4.79 Å². The predicted molar refractivity (Wildman–Crippen MR) is 96.6 cm³/mol. The normalized spacial score (nSPS) is 12.2. The molecule has 1 aromatic rings. The lowest BCUT2D eigenvalue weighted by Crippen LogP contribution is -2.43. The van der Waals surface area contributed by atoms with Crippen LogP contribution in [0.2, 0.25) is 0 Å². The van der Waals surface area contributed by atoms with Gasteiger partial charge in [-0.1, -0.05) is 0 Å². The van der Waals surface area contributed by atoms with Crippen molar-refractivity contribution in [2.24, 2.45) is 0 Å². The fourth-order valence-electron chi connectivity index (χ4n) is 2.11. The fraction of sp³-hybridized carbons (Fsp3) is 0.529. The number of hydrogen-bond acceptors (Lipinski definition) is 6. The zero-order valence-electron chi connectivity index (χ0n) is 15.1. The number of hydrogen-bond donors (Lipinski definition) is 2. The third-order valence-electron chi connectivity index (χ3n) is 3.60. The van der Waals surface area contributed by atoms with Gasteiger partial charge in [0, 0.05) is 11.6 Å². The van der Waals surface area contributed by atoms with E-state index in [2.05, 4.69) is 5.32 Å². The van der Waals surface area contributed by atoms with E-state index in [0.29, 0.717) is 29.2 Å². The lowest BCUT2D eigenvalue weighted by atomic mass is 9.97.